The Balaban J connectivity index is 1.32. The second kappa shape index (κ2) is 12.8. The van der Waals surface area contributed by atoms with Gasteiger partial charge in [-0.15, -0.1) is 0 Å². The van der Waals surface area contributed by atoms with Crippen LogP contribution in [0.3, 0.4) is 0 Å². The number of carboxylic acid groups (broad SMARTS) is 1. The molecule has 2 aliphatic rings. The molecule has 9 nitrogen and oxygen atoms in total. The Bertz CT molecular complexity index is 1500. The van der Waals surface area contributed by atoms with Gasteiger partial charge in [-0.1, -0.05) is 12.1 Å². The van der Waals surface area contributed by atoms with E-state index in [0.29, 0.717) is 67.0 Å². The number of nitriles is 1. The highest BCUT2D eigenvalue weighted by Gasteiger charge is 2.45. The van der Waals surface area contributed by atoms with E-state index in [0.717, 1.165) is 5.69 Å². The van der Waals surface area contributed by atoms with Crippen LogP contribution in [0.15, 0.2) is 60.8 Å². The molecule has 1 atom stereocenters. The molecular formula is C31H31F3N6O3. The summed E-state index contributed by atoms with van der Waals surface area (Å²) in [5, 5.41) is 20.9. The smallest absolute Gasteiger partial charge is 0.404 e. The first-order chi connectivity index (χ1) is 20.6. The molecular weight excluding hydrogens is 561 g/mol. The first-order valence-electron chi connectivity index (χ1n) is 14.0. The third kappa shape index (κ3) is 7.31. The number of pyridine rings is 1. The zero-order valence-corrected chi connectivity index (χ0v) is 23.3. The number of carbonyl (C=O) groups is 2. The second-order valence-electron chi connectivity index (χ2n) is 10.7. The maximum atomic E-state index is 13.7. The lowest BCUT2D eigenvalue weighted by Gasteiger charge is -2.35. The van der Waals surface area contributed by atoms with E-state index in [2.05, 4.69) is 21.3 Å². The van der Waals surface area contributed by atoms with Crippen LogP contribution in [0.25, 0.3) is 11.1 Å². The van der Waals surface area contributed by atoms with Crippen molar-refractivity contribution >= 4 is 23.4 Å². The average Bonchev–Trinajstić information content (AvgIpc) is 3.47. The molecule has 2 N–H and O–H groups in total. The average molecular weight is 593 g/mol. The van der Waals surface area contributed by atoms with Gasteiger partial charge in [-0.3, -0.25) is 19.4 Å². The summed E-state index contributed by atoms with van der Waals surface area (Å²) < 4.78 is 41.1. The molecule has 2 fully saturated rings. The van der Waals surface area contributed by atoms with Crippen molar-refractivity contribution in [2.45, 2.75) is 31.6 Å². The number of rotatable bonds is 8. The third-order valence-corrected chi connectivity index (χ3v) is 7.90. The number of likely N-dealkylation sites (tertiary alicyclic amines) is 1. The first-order valence-corrected chi connectivity index (χ1v) is 14.0. The zero-order chi connectivity index (χ0) is 30.6. The van der Waals surface area contributed by atoms with Gasteiger partial charge in [0.2, 0.25) is 0 Å². The van der Waals surface area contributed by atoms with Gasteiger partial charge < -0.3 is 15.3 Å². The summed E-state index contributed by atoms with van der Waals surface area (Å²) in [6, 6.07) is 15.9. The van der Waals surface area contributed by atoms with Gasteiger partial charge in [0.25, 0.3) is 5.91 Å². The highest BCUT2D eigenvalue weighted by Crippen LogP contribution is 2.35. The van der Waals surface area contributed by atoms with Crippen molar-refractivity contribution in [3.63, 3.8) is 0 Å². The summed E-state index contributed by atoms with van der Waals surface area (Å²) in [4.78, 5) is 33.9. The summed E-state index contributed by atoms with van der Waals surface area (Å²) in [6.07, 6.45) is -2.32. The van der Waals surface area contributed by atoms with Crippen molar-refractivity contribution in [1.82, 2.24) is 14.8 Å². The minimum Gasteiger partial charge on any atom is -0.480 e. The number of amides is 1. The van der Waals surface area contributed by atoms with Crippen molar-refractivity contribution in [3.8, 4) is 17.2 Å². The zero-order valence-electron chi connectivity index (χ0n) is 23.3. The predicted octanol–water partition coefficient (Wildman–Crippen LogP) is 4.61. The van der Waals surface area contributed by atoms with Gasteiger partial charge in [0.05, 0.1) is 18.2 Å². The third-order valence-electron chi connectivity index (χ3n) is 7.90. The van der Waals surface area contributed by atoms with Gasteiger partial charge >= 0.3 is 12.1 Å². The minimum atomic E-state index is -4.34. The Hall–Kier alpha value is -4.47. The first kappa shape index (κ1) is 30.0. The maximum Gasteiger partial charge on any atom is 0.404 e. The molecule has 43 heavy (non-hydrogen) atoms. The summed E-state index contributed by atoms with van der Waals surface area (Å²) in [6.45, 7) is 2.94. The molecule has 3 aromatic rings. The predicted molar refractivity (Wildman–Crippen MR) is 155 cm³/mol. The Morgan fingerprint density at radius 3 is 2.35 bits per heavy atom. The Morgan fingerprint density at radius 1 is 1.02 bits per heavy atom. The normalized spacial score (nSPS) is 17.9. The minimum absolute atomic E-state index is 0.0120. The van der Waals surface area contributed by atoms with Crippen LogP contribution in [0, 0.1) is 11.3 Å². The molecule has 1 aromatic heterocycles. The van der Waals surface area contributed by atoms with Crippen LogP contribution in [-0.2, 0) is 11.3 Å². The molecule has 3 heterocycles. The van der Waals surface area contributed by atoms with Gasteiger partial charge in [-0.25, -0.2) is 4.98 Å². The number of benzene rings is 2. The van der Waals surface area contributed by atoms with Crippen molar-refractivity contribution in [3.05, 3.63) is 77.5 Å². The number of hydrogen-bond acceptors (Lipinski definition) is 7. The fraction of sp³-hybridized carbons (Fsp3) is 0.355. The number of hydrogen-bond donors (Lipinski definition) is 2. The fourth-order valence-electron chi connectivity index (χ4n) is 5.65. The Kier molecular flexibility index (Phi) is 8.94. The van der Waals surface area contributed by atoms with Gasteiger partial charge in [-0.05, 0) is 73.0 Å². The van der Waals surface area contributed by atoms with Crippen LogP contribution in [0.4, 0.5) is 24.7 Å². The summed E-state index contributed by atoms with van der Waals surface area (Å²) in [5.74, 6) is -1.04. The molecule has 0 bridgehead atoms. The van der Waals surface area contributed by atoms with Crippen LogP contribution in [-0.4, -0.2) is 83.3 Å². The molecule has 2 saturated heterocycles. The van der Waals surface area contributed by atoms with E-state index in [9.17, 15) is 22.8 Å². The highest BCUT2D eigenvalue weighted by atomic mass is 19.4. The summed E-state index contributed by atoms with van der Waals surface area (Å²) >= 11 is 0. The maximum absolute atomic E-state index is 13.7. The molecule has 0 saturated carbocycles. The van der Waals surface area contributed by atoms with Crippen LogP contribution >= 0.6 is 0 Å². The monoisotopic (exact) mass is 592 g/mol. The number of halogens is 3. The summed E-state index contributed by atoms with van der Waals surface area (Å²) in [5.41, 5.74) is 3.70. The van der Waals surface area contributed by atoms with Crippen molar-refractivity contribution in [1.29, 1.82) is 5.26 Å². The molecule has 0 spiro atoms. The molecule has 2 aliphatic heterocycles. The van der Waals surface area contributed by atoms with E-state index in [1.807, 2.05) is 17.0 Å². The lowest BCUT2D eigenvalue weighted by molar-refractivity contribution is -0.177. The van der Waals surface area contributed by atoms with Gasteiger partial charge in [0.1, 0.15) is 11.9 Å². The van der Waals surface area contributed by atoms with Crippen molar-refractivity contribution in [2.75, 3.05) is 49.5 Å². The quantitative estimate of drug-likeness (QED) is 0.390. The van der Waals surface area contributed by atoms with E-state index in [-0.39, 0.29) is 25.3 Å². The lowest BCUT2D eigenvalue weighted by atomic mass is 10.00. The van der Waals surface area contributed by atoms with Crippen LogP contribution in [0.5, 0.6) is 0 Å². The Morgan fingerprint density at radius 2 is 1.72 bits per heavy atom. The number of anilines is 2. The molecule has 1 unspecified atom stereocenters. The number of aromatic nitrogens is 1. The molecule has 0 aliphatic carbocycles. The molecule has 0 radical (unpaired) electrons. The number of piperazine rings is 1. The standard InChI is InChI=1S/C31H31F3N6O3/c32-31(33,34)27-2-1-11-40(27)19-24-16-28(36-18-26(24)22-5-3-21(17-35)4-6-22)37-30(43)23-7-9-25(10-8-23)39-14-12-38(13-15-39)20-29(41)42/h3-10,16,18,27H,1-2,11-15,19-20H2,(H,41,42)(H,36,37,43). The Labute approximate surface area is 247 Å². The number of alkyl halides is 3. The van der Waals surface area contributed by atoms with Gasteiger partial charge in [-0.2, -0.15) is 18.4 Å². The molecule has 12 heteroatoms. The van der Waals surface area contributed by atoms with Crippen LogP contribution in [0.1, 0.15) is 34.3 Å². The number of nitrogens with zero attached hydrogens (tertiary/aromatic N) is 5. The highest BCUT2D eigenvalue weighted by molar-refractivity contribution is 6.04. The summed E-state index contributed by atoms with van der Waals surface area (Å²) in [7, 11) is 0. The van der Waals surface area contributed by atoms with Crippen molar-refractivity contribution in [2.24, 2.45) is 0 Å². The van der Waals surface area contributed by atoms with Crippen LogP contribution < -0.4 is 10.2 Å². The molecule has 1 amide bonds. The molecule has 224 valence electrons. The van der Waals surface area contributed by atoms with E-state index < -0.39 is 24.1 Å². The van der Waals surface area contributed by atoms with E-state index in [1.165, 1.54) is 11.1 Å². The number of carbonyl (C=O) groups excluding carboxylic acids is 1. The SMILES string of the molecule is N#Cc1ccc(-c2cnc(NC(=O)c3ccc(N4CCN(CC(=O)O)CC4)cc3)cc2CN2CCCC2C(F)(F)F)cc1. The number of carboxylic acids is 1. The number of aliphatic carboxylic acids is 1. The lowest BCUT2D eigenvalue weighted by Crippen LogP contribution is -2.47. The van der Waals surface area contributed by atoms with E-state index >= 15 is 0 Å². The fourth-order valence-corrected chi connectivity index (χ4v) is 5.65. The second-order valence-corrected chi connectivity index (χ2v) is 10.7. The number of nitrogens with one attached hydrogen (secondary N) is 1. The van der Waals surface area contributed by atoms with Gasteiger partial charge in [0, 0.05) is 55.7 Å². The van der Waals surface area contributed by atoms with Gasteiger partial charge in [0.15, 0.2) is 0 Å². The largest absolute Gasteiger partial charge is 0.480 e. The van der Waals surface area contributed by atoms with Crippen LogP contribution in [0.2, 0.25) is 0 Å². The molecule has 2 aromatic carbocycles. The molecule has 5 rings (SSSR count). The topological polar surface area (TPSA) is 113 Å². The van der Waals surface area contributed by atoms with Crippen molar-refractivity contribution < 1.29 is 27.9 Å². The van der Waals surface area contributed by atoms with E-state index in [1.54, 1.807) is 42.5 Å². The van der Waals surface area contributed by atoms with E-state index in [4.69, 9.17) is 10.4 Å².